The summed E-state index contributed by atoms with van der Waals surface area (Å²) in [6.07, 6.45) is -4.66. The van der Waals surface area contributed by atoms with Crippen molar-refractivity contribution in [1.82, 2.24) is 9.62 Å². The number of sulfonamides is 1. The molecule has 1 fully saturated rings. The van der Waals surface area contributed by atoms with Crippen LogP contribution in [-0.2, 0) is 16.2 Å². The Labute approximate surface area is 144 Å². The van der Waals surface area contributed by atoms with E-state index in [1.807, 2.05) is 6.92 Å². The Hall–Kier alpha value is -0.540. The van der Waals surface area contributed by atoms with E-state index in [2.05, 4.69) is 5.32 Å². The third-order valence-electron chi connectivity index (χ3n) is 3.78. The van der Waals surface area contributed by atoms with Gasteiger partial charge in [-0.2, -0.15) is 17.5 Å². The van der Waals surface area contributed by atoms with Gasteiger partial charge >= 0.3 is 6.18 Å². The average Bonchev–Trinajstić information content (AvgIpc) is 2.40. The van der Waals surface area contributed by atoms with Crippen LogP contribution in [0.15, 0.2) is 23.1 Å². The van der Waals surface area contributed by atoms with Crippen LogP contribution in [0.5, 0.6) is 0 Å². The molecule has 2 unspecified atom stereocenters. The topological polar surface area (TPSA) is 49.4 Å². The maximum atomic E-state index is 12.8. The lowest BCUT2D eigenvalue weighted by Gasteiger charge is -2.37. The Bertz CT molecular complexity index is 668. The van der Waals surface area contributed by atoms with Crippen LogP contribution in [0.2, 0.25) is 5.02 Å². The summed E-state index contributed by atoms with van der Waals surface area (Å²) in [4.78, 5) is -0.437. The highest BCUT2D eigenvalue weighted by atomic mass is 35.5. The number of hydrogen-bond donors (Lipinski definition) is 1. The van der Waals surface area contributed by atoms with Crippen LogP contribution in [0.1, 0.15) is 19.4 Å². The van der Waals surface area contributed by atoms with E-state index in [9.17, 15) is 21.6 Å². The van der Waals surface area contributed by atoms with Gasteiger partial charge in [-0.15, -0.1) is 12.4 Å². The predicted molar refractivity (Wildman–Crippen MR) is 84.5 cm³/mol. The van der Waals surface area contributed by atoms with Gasteiger partial charge in [0.1, 0.15) is 0 Å². The quantitative estimate of drug-likeness (QED) is 0.840. The second kappa shape index (κ2) is 7.14. The first-order valence-corrected chi connectivity index (χ1v) is 8.48. The monoisotopic (exact) mass is 392 g/mol. The number of piperazine rings is 1. The Balaban J connectivity index is 0.00000264. The average molecular weight is 393 g/mol. The highest BCUT2D eigenvalue weighted by molar-refractivity contribution is 7.89. The first-order valence-electron chi connectivity index (χ1n) is 6.66. The molecular formula is C13H17Cl2F3N2O2S. The lowest BCUT2D eigenvalue weighted by atomic mass is 10.1. The van der Waals surface area contributed by atoms with Crippen molar-refractivity contribution >= 4 is 34.0 Å². The molecule has 132 valence electrons. The molecule has 1 aliphatic rings. The van der Waals surface area contributed by atoms with Crippen molar-refractivity contribution in [3.63, 3.8) is 0 Å². The zero-order chi connectivity index (χ0) is 16.7. The van der Waals surface area contributed by atoms with Gasteiger partial charge in [0.15, 0.2) is 0 Å². The van der Waals surface area contributed by atoms with Gasteiger partial charge < -0.3 is 5.32 Å². The van der Waals surface area contributed by atoms with E-state index < -0.39 is 26.7 Å². The molecule has 0 radical (unpaired) electrons. The third-order valence-corrected chi connectivity index (χ3v) is 5.96. The molecule has 0 bridgehead atoms. The van der Waals surface area contributed by atoms with E-state index >= 15 is 0 Å². The summed E-state index contributed by atoms with van der Waals surface area (Å²) in [7, 11) is -4.04. The highest BCUT2D eigenvalue weighted by Crippen LogP contribution is 2.34. The number of hydrogen-bond acceptors (Lipinski definition) is 3. The van der Waals surface area contributed by atoms with E-state index in [4.69, 9.17) is 11.6 Å². The van der Waals surface area contributed by atoms with Crippen molar-refractivity contribution < 1.29 is 21.6 Å². The van der Waals surface area contributed by atoms with E-state index in [1.165, 1.54) is 4.31 Å². The molecule has 2 atom stereocenters. The van der Waals surface area contributed by atoms with Crippen molar-refractivity contribution in [2.24, 2.45) is 0 Å². The number of rotatable bonds is 2. The Morgan fingerprint density at radius 2 is 1.87 bits per heavy atom. The molecule has 1 heterocycles. The van der Waals surface area contributed by atoms with Crippen molar-refractivity contribution in [2.75, 3.05) is 13.1 Å². The van der Waals surface area contributed by atoms with E-state index in [1.54, 1.807) is 6.92 Å². The van der Waals surface area contributed by atoms with E-state index in [0.717, 1.165) is 6.07 Å². The number of alkyl halides is 3. The molecule has 0 saturated carbocycles. The second-order valence-electron chi connectivity index (χ2n) is 5.27. The fourth-order valence-electron chi connectivity index (χ4n) is 2.38. The molecule has 0 spiro atoms. The molecule has 0 aromatic heterocycles. The minimum Gasteiger partial charge on any atom is -0.311 e. The highest BCUT2D eigenvalue weighted by Gasteiger charge is 2.37. The lowest BCUT2D eigenvalue weighted by molar-refractivity contribution is -0.137. The largest absolute Gasteiger partial charge is 0.416 e. The van der Waals surface area contributed by atoms with Crippen LogP contribution in [0.25, 0.3) is 0 Å². The number of benzene rings is 1. The number of nitrogens with one attached hydrogen (secondary N) is 1. The predicted octanol–water partition coefficient (Wildman–Crippen LogP) is 3.15. The summed E-state index contributed by atoms with van der Waals surface area (Å²) in [5.41, 5.74) is -1.07. The SMILES string of the molecule is CC1NCCN(S(=O)(=O)c2cc(Cl)cc(C(F)(F)F)c2)C1C.Cl. The van der Waals surface area contributed by atoms with Gasteiger partial charge in [0.2, 0.25) is 10.0 Å². The molecule has 1 saturated heterocycles. The Morgan fingerprint density at radius 1 is 1.26 bits per heavy atom. The zero-order valence-corrected chi connectivity index (χ0v) is 14.8. The molecule has 1 aromatic carbocycles. The summed E-state index contributed by atoms with van der Waals surface area (Å²) < 4.78 is 65.0. The fourth-order valence-corrected chi connectivity index (χ4v) is 4.45. The van der Waals surface area contributed by atoms with Crippen molar-refractivity contribution in [1.29, 1.82) is 0 Å². The zero-order valence-electron chi connectivity index (χ0n) is 12.4. The number of nitrogens with zero attached hydrogens (tertiary/aromatic N) is 1. The van der Waals surface area contributed by atoms with E-state index in [0.29, 0.717) is 18.7 Å². The minimum absolute atomic E-state index is 0. The van der Waals surface area contributed by atoms with Crippen LogP contribution >= 0.6 is 24.0 Å². The van der Waals surface area contributed by atoms with Gasteiger partial charge in [0, 0.05) is 30.2 Å². The van der Waals surface area contributed by atoms with Crippen molar-refractivity contribution in [3.8, 4) is 0 Å². The van der Waals surface area contributed by atoms with Gasteiger partial charge in [-0.25, -0.2) is 8.42 Å². The van der Waals surface area contributed by atoms with Gasteiger partial charge in [-0.1, -0.05) is 11.6 Å². The fraction of sp³-hybridized carbons (Fsp3) is 0.538. The summed E-state index contributed by atoms with van der Waals surface area (Å²) in [6.45, 7) is 4.17. The van der Waals surface area contributed by atoms with Crippen LogP contribution in [0, 0.1) is 0 Å². The summed E-state index contributed by atoms with van der Waals surface area (Å²) in [5, 5.41) is 2.86. The van der Waals surface area contributed by atoms with Crippen LogP contribution in [0.3, 0.4) is 0 Å². The molecule has 23 heavy (non-hydrogen) atoms. The third kappa shape index (κ3) is 4.30. The Morgan fingerprint density at radius 3 is 2.43 bits per heavy atom. The van der Waals surface area contributed by atoms with Crippen molar-refractivity contribution in [2.45, 2.75) is 37.0 Å². The molecule has 2 rings (SSSR count). The van der Waals surface area contributed by atoms with Gasteiger partial charge in [0.05, 0.1) is 10.5 Å². The molecular weight excluding hydrogens is 376 g/mol. The van der Waals surface area contributed by atoms with Crippen LogP contribution in [0.4, 0.5) is 13.2 Å². The lowest BCUT2D eigenvalue weighted by Crippen LogP contribution is -2.57. The van der Waals surface area contributed by atoms with Crippen LogP contribution < -0.4 is 5.32 Å². The normalized spacial score (nSPS) is 23.4. The maximum absolute atomic E-state index is 12.8. The molecule has 0 amide bonds. The molecule has 10 heteroatoms. The van der Waals surface area contributed by atoms with Crippen LogP contribution in [-0.4, -0.2) is 37.9 Å². The number of halogens is 5. The summed E-state index contributed by atoms with van der Waals surface area (Å²) in [6, 6.07) is 1.92. The molecule has 4 nitrogen and oxygen atoms in total. The van der Waals surface area contributed by atoms with Crippen molar-refractivity contribution in [3.05, 3.63) is 28.8 Å². The minimum atomic E-state index is -4.66. The Kier molecular flexibility index (Phi) is 6.37. The van der Waals surface area contributed by atoms with E-state index in [-0.39, 0.29) is 36.1 Å². The smallest absolute Gasteiger partial charge is 0.311 e. The summed E-state index contributed by atoms with van der Waals surface area (Å²) >= 11 is 5.67. The molecule has 1 aliphatic heterocycles. The van der Waals surface area contributed by atoms with Gasteiger partial charge in [-0.05, 0) is 32.0 Å². The first-order chi connectivity index (χ1) is 10.0. The molecule has 0 aliphatic carbocycles. The molecule has 1 N–H and O–H groups in total. The molecule has 1 aromatic rings. The van der Waals surface area contributed by atoms with Gasteiger partial charge in [0.25, 0.3) is 0 Å². The first kappa shape index (κ1) is 20.5. The van der Waals surface area contributed by atoms with Gasteiger partial charge in [-0.3, -0.25) is 0 Å². The standard InChI is InChI=1S/C13H16ClF3N2O2S.ClH/c1-8-9(2)19(4-3-18-8)22(20,21)12-6-10(13(15,16)17)5-11(14)7-12;/h5-9,18H,3-4H2,1-2H3;1H. The summed E-state index contributed by atoms with van der Waals surface area (Å²) in [5.74, 6) is 0. The second-order valence-corrected chi connectivity index (χ2v) is 7.60. The maximum Gasteiger partial charge on any atom is 0.416 e.